The van der Waals surface area contributed by atoms with E-state index >= 15 is 0 Å². The van der Waals surface area contributed by atoms with Crippen LogP contribution in [-0.2, 0) is 17.7 Å². The van der Waals surface area contributed by atoms with E-state index in [0.717, 1.165) is 25.2 Å². The molecule has 1 unspecified atom stereocenters. The number of imidazole rings is 1. The predicted molar refractivity (Wildman–Crippen MR) is 60.7 cm³/mol. The molecule has 4 nitrogen and oxygen atoms in total. The average molecular weight is 211 g/mol. The number of nitrogens with two attached hydrogens (primary N) is 1. The molecule has 0 amide bonds. The third-order valence-corrected chi connectivity index (χ3v) is 2.58. The molecule has 0 spiro atoms. The Hall–Kier alpha value is -0.870. The highest BCUT2D eigenvalue weighted by atomic mass is 16.5. The summed E-state index contributed by atoms with van der Waals surface area (Å²) < 4.78 is 7.17. The minimum absolute atomic E-state index is 0.242. The monoisotopic (exact) mass is 211 g/mol. The number of hydrogen-bond acceptors (Lipinski definition) is 3. The molecule has 0 aliphatic rings. The number of hydrogen-bond donors (Lipinski definition) is 1. The van der Waals surface area contributed by atoms with Crippen LogP contribution >= 0.6 is 0 Å². The number of methoxy groups -OCH3 is 1. The van der Waals surface area contributed by atoms with Crippen LogP contribution in [0.5, 0.6) is 0 Å². The van der Waals surface area contributed by atoms with Crippen LogP contribution in [0.25, 0.3) is 0 Å². The van der Waals surface area contributed by atoms with Crippen molar-refractivity contribution in [2.24, 2.45) is 5.73 Å². The maximum atomic E-state index is 6.18. The lowest BCUT2D eigenvalue weighted by Gasteiger charge is -2.24. The van der Waals surface area contributed by atoms with Crippen LogP contribution in [0.2, 0.25) is 0 Å². The lowest BCUT2D eigenvalue weighted by Crippen LogP contribution is -2.40. The van der Waals surface area contributed by atoms with Gasteiger partial charge in [-0.25, -0.2) is 4.98 Å². The van der Waals surface area contributed by atoms with Gasteiger partial charge in [-0.15, -0.1) is 0 Å². The molecule has 0 bridgehead atoms. The van der Waals surface area contributed by atoms with Crippen molar-refractivity contribution in [1.82, 2.24) is 9.55 Å². The number of aryl methyl sites for hydroxylation is 1. The Kier molecular flexibility index (Phi) is 4.29. The Morgan fingerprint density at radius 2 is 2.33 bits per heavy atom. The first-order valence-electron chi connectivity index (χ1n) is 5.37. The molecule has 0 saturated carbocycles. The van der Waals surface area contributed by atoms with Gasteiger partial charge >= 0.3 is 0 Å². The number of ether oxygens (including phenoxy) is 1. The summed E-state index contributed by atoms with van der Waals surface area (Å²) in [5, 5.41) is 0. The van der Waals surface area contributed by atoms with Gasteiger partial charge in [-0.1, -0.05) is 0 Å². The normalized spacial score (nSPS) is 15.2. The molecule has 4 heteroatoms. The first-order valence-corrected chi connectivity index (χ1v) is 5.37. The Labute approximate surface area is 91.4 Å². The van der Waals surface area contributed by atoms with E-state index in [1.54, 1.807) is 7.11 Å². The van der Waals surface area contributed by atoms with Gasteiger partial charge in [0.05, 0.1) is 0 Å². The highest BCUT2D eigenvalue weighted by molar-refractivity contribution is 4.99. The third kappa shape index (κ3) is 3.64. The summed E-state index contributed by atoms with van der Waals surface area (Å²) in [5.74, 6) is 1.05. The Bertz CT molecular complexity index is 294. The molecule has 0 radical (unpaired) electrons. The standard InChI is InChI=1S/C11H21N3O/c1-4-14-7-6-13-10(14)9-11(2,12)5-8-15-3/h6-7H,4-5,8-9,12H2,1-3H3. The van der Waals surface area contributed by atoms with Gasteiger partial charge in [0, 0.05) is 44.6 Å². The molecule has 86 valence electrons. The van der Waals surface area contributed by atoms with Gasteiger partial charge in [0.1, 0.15) is 5.82 Å². The molecule has 0 aliphatic carbocycles. The van der Waals surface area contributed by atoms with Gasteiger partial charge in [-0.05, 0) is 20.3 Å². The van der Waals surface area contributed by atoms with Crippen LogP contribution in [-0.4, -0.2) is 28.8 Å². The molecule has 1 aromatic heterocycles. The second-order valence-electron chi connectivity index (χ2n) is 4.20. The smallest absolute Gasteiger partial charge is 0.110 e. The first-order chi connectivity index (χ1) is 7.09. The minimum atomic E-state index is -0.242. The molecular formula is C11H21N3O. The average Bonchev–Trinajstić information content (AvgIpc) is 2.61. The lowest BCUT2D eigenvalue weighted by atomic mass is 9.95. The topological polar surface area (TPSA) is 53.1 Å². The van der Waals surface area contributed by atoms with Crippen LogP contribution < -0.4 is 5.73 Å². The van der Waals surface area contributed by atoms with Gasteiger partial charge in [-0.3, -0.25) is 0 Å². The summed E-state index contributed by atoms with van der Waals surface area (Å²) >= 11 is 0. The predicted octanol–water partition coefficient (Wildman–Crippen LogP) is 1.20. The maximum absolute atomic E-state index is 6.18. The Morgan fingerprint density at radius 1 is 1.60 bits per heavy atom. The molecule has 0 saturated heterocycles. The van der Waals surface area contributed by atoms with Gasteiger partial charge in [0.2, 0.25) is 0 Å². The SMILES string of the molecule is CCn1ccnc1CC(C)(N)CCOC. The molecular weight excluding hydrogens is 190 g/mol. The fourth-order valence-electron chi connectivity index (χ4n) is 1.58. The zero-order valence-corrected chi connectivity index (χ0v) is 9.86. The third-order valence-electron chi connectivity index (χ3n) is 2.58. The summed E-state index contributed by atoms with van der Waals surface area (Å²) in [4.78, 5) is 4.32. The largest absolute Gasteiger partial charge is 0.385 e. The van der Waals surface area contributed by atoms with Crippen molar-refractivity contribution < 1.29 is 4.74 Å². The molecule has 2 N–H and O–H groups in total. The second-order valence-corrected chi connectivity index (χ2v) is 4.20. The minimum Gasteiger partial charge on any atom is -0.385 e. The maximum Gasteiger partial charge on any atom is 0.110 e. The van der Waals surface area contributed by atoms with E-state index in [9.17, 15) is 0 Å². The second kappa shape index (κ2) is 5.28. The molecule has 0 fully saturated rings. The zero-order valence-electron chi connectivity index (χ0n) is 9.86. The van der Waals surface area contributed by atoms with Gasteiger partial charge in [-0.2, -0.15) is 0 Å². The van der Waals surface area contributed by atoms with E-state index in [1.807, 2.05) is 19.3 Å². The Morgan fingerprint density at radius 3 is 2.93 bits per heavy atom. The van der Waals surface area contributed by atoms with E-state index in [0.29, 0.717) is 6.61 Å². The van der Waals surface area contributed by atoms with Crippen molar-refractivity contribution in [2.75, 3.05) is 13.7 Å². The summed E-state index contributed by atoms with van der Waals surface area (Å²) in [6, 6.07) is 0. The van der Waals surface area contributed by atoms with Crippen molar-refractivity contribution in [3.63, 3.8) is 0 Å². The van der Waals surface area contributed by atoms with Crippen molar-refractivity contribution in [3.05, 3.63) is 18.2 Å². The number of aromatic nitrogens is 2. The summed E-state index contributed by atoms with van der Waals surface area (Å²) in [7, 11) is 1.70. The van der Waals surface area contributed by atoms with Crippen molar-refractivity contribution in [3.8, 4) is 0 Å². The summed E-state index contributed by atoms with van der Waals surface area (Å²) in [6.07, 6.45) is 5.45. The van der Waals surface area contributed by atoms with Gasteiger partial charge in [0.25, 0.3) is 0 Å². The fourth-order valence-corrected chi connectivity index (χ4v) is 1.58. The zero-order chi connectivity index (χ0) is 11.3. The quantitative estimate of drug-likeness (QED) is 0.769. The first kappa shape index (κ1) is 12.2. The van der Waals surface area contributed by atoms with E-state index in [2.05, 4.69) is 16.5 Å². The molecule has 0 aliphatic heterocycles. The molecule has 1 rings (SSSR count). The molecule has 1 aromatic rings. The number of nitrogens with zero attached hydrogens (tertiary/aromatic N) is 2. The highest BCUT2D eigenvalue weighted by Gasteiger charge is 2.20. The van der Waals surface area contributed by atoms with Crippen LogP contribution in [0.15, 0.2) is 12.4 Å². The van der Waals surface area contributed by atoms with Gasteiger partial charge in [0.15, 0.2) is 0 Å². The van der Waals surface area contributed by atoms with E-state index in [-0.39, 0.29) is 5.54 Å². The summed E-state index contributed by atoms with van der Waals surface area (Å²) in [6.45, 7) is 5.78. The van der Waals surface area contributed by atoms with Crippen molar-refractivity contribution in [2.45, 2.75) is 38.8 Å². The van der Waals surface area contributed by atoms with Crippen molar-refractivity contribution >= 4 is 0 Å². The van der Waals surface area contributed by atoms with Crippen LogP contribution in [0, 0.1) is 0 Å². The highest BCUT2D eigenvalue weighted by Crippen LogP contribution is 2.13. The molecule has 1 heterocycles. The van der Waals surface area contributed by atoms with E-state index < -0.39 is 0 Å². The fraction of sp³-hybridized carbons (Fsp3) is 0.727. The van der Waals surface area contributed by atoms with Crippen molar-refractivity contribution in [1.29, 1.82) is 0 Å². The van der Waals surface area contributed by atoms with Crippen LogP contribution in [0.3, 0.4) is 0 Å². The number of rotatable bonds is 6. The van der Waals surface area contributed by atoms with E-state index in [1.165, 1.54) is 0 Å². The van der Waals surface area contributed by atoms with Crippen LogP contribution in [0.1, 0.15) is 26.1 Å². The van der Waals surface area contributed by atoms with E-state index in [4.69, 9.17) is 10.5 Å². The lowest BCUT2D eigenvalue weighted by molar-refractivity contribution is 0.171. The van der Waals surface area contributed by atoms with Gasteiger partial charge < -0.3 is 15.0 Å². The molecule has 15 heavy (non-hydrogen) atoms. The molecule has 0 aromatic carbocycles. The van der Waals surface area contributed by atoms with Crippen LogP contribution in [0.4, 0.5) is 0 Å². The Balaban J connectivity index is 2.59. The summed E-state index contributed by atoms with van der Waals surface area (Å²) in [5.41, 5.74) is 5.94. The molecule has 1 atom stereocenters.